The van der Waals surface area contributed by atoms with Crippen LogP contribution in [-0.4, -0.2) is 62.9 Å². The molecule has 154 valence electrons. The highest BCUT2D eigenvalue weighted by Gasteiger charge is 2.43. The van der Waals surface area contributed by atoms with Crippen LogP contribution in [0.4, 0.5) is 5.13 Å². The second-order valence-electron chi connectivity index (χ2n) is 7.75. The van der Waals surface area contributed by atoms with Crippen LogP contribution in [0.15, 0.2) is 36.7 Å². The number of amides is 2. The molecule has 4 heterocycles. The lowest BCUT2D eigenvalue weighted by atomic mass is 10.0. The molecule has 2 N–H and O–H groups in total. The Balaban J connectivity index is 1.30. The highest BCUT2D eigenvalue weighted by molar-refractivity contribution is 7.17. The van der Waals surface area contributed by atoms with Gasteiger partial charge in [0.2, 0.25) is 0 Å². The van der Waals surface area contributed by atoms with Crippen molar-refractivity contribution in [3.05, 3.63) is 52.8 Å². The Morgan fingerprint density at radius 2 is 1.73 bits per heavy atom. The van der Waals surface area contributed by atoms with E-state index in [0.717, 1.165) is 18.2 Å². The first-order valence-electron chi connectivity index (χ1n) is 9.78. The number of hydrogen-bond acceptors (Lipinski definition) is 7. The van der Waals surface area contributed by atoms with Gasteiger partial charge in [-0.25, -0.2) is 4.98 Å². The van der Waals surface area contributed by atoms with E-state index >= 15 is 0 Å². The van der Waals surface area contributed by atoms with E-state index in [9.17, 15) is 9.59 Å². The summed E-state index contributed by atoms with van der Waals surface area (Å²) in [7, 11) is 0. The Kier molecular flexibility index (Phi) is 4.50. The Morgan fingerprint density at radius 3 is 2.37 bits per heavy atom. The van der Waals surface area contributed by atoms with Crippen LogP contribution in [0.1, 0.15) is 25.7 Å². The van der Waals surface area contributed by atoms with Gasteiger partial charge in [0.05, 0.1) is 29.3 Å². The molecular formula is C20H21N7O2S. The molecule has 9 nitrogen and oxygen atoms in total. The number of nitrogens with two attached hydrogens (primary N) is 1. The molecule has 0 radical (unpaired) electrons. The summed E-state index contributed by atoms with van der Waals surface area (Å²) in [5.74, 6) is 0.332. The maximum atomic E-state index is 13.3. The van der Waals surface area contributed by atoms with E-state index in [1.165, 1.54) is 16.1 Å². The van der Waals surface area contributed by atoms with Gasteiger partial charge in [-0.1, -0.05) is 23.5 Å². The SMILES string of the molecule is Cc1nc(N2CC3CN(C(=O)c4ccccc4-n4nccn4)CC3C2)sc1C(N)=O. The van der Waals surface area contributed by atoms with Crippen LogP contribution in [0.5, 0.6) is 0 Å². The van der Waals surface area contributed by atoms with Crippen molar-refractivity contribution in [3.8, 4) is 5.69 Å². The number of likely N-dealkylation sites (tertiary alicyclic amines) is 1. The molecule has 0 aliphatic carbocycles. The average molecular weight is 424 g/mol. The molecular weight excluding hydrogens is 402 g/mol. The summed E-state index contributed by atoms with van der Waals surface area (Å²) >= 11 is 1.35. The molecule has 2 saturated heterocycles. The van der Waals surface area contributed by atoms with E-state index in [1.807, 2.05) is 36.1 Å². The fourth-order valence-electron chi connectivity index (χ4n) is 4.40. The molecule has 1 aromatic carbocycles. The summed E-state index contributed by atoms with van der Waals surface area (Å²) < 4.78 is 0. The third kappa shape index (κ3) is 3.13. The number of primary amides is 1. The lowest BCUT2D eigenvalue weighted by Crippen LogP contribution is -2.33. The standard InChI is InChI=1S/C20H21N7O2S/c1-12-17(18(21)28)30-20(24-12)26-10-13-8-25(9-14(13)11-26)19(29)15-4-2-3-5-16(15)27-22-6-7-23-27/h2-7,13-14H,8-11H2,1H3,(H2,21,28). The number of nitrogens with zero attached hydrogens (tertiary/aromatic N) is 6. The molecule has 2 aromatic heterocycles. The maximum Gasteiger partial charge on any atom is 0.260 e. The number of carbonyl (C=O) groups is 2. The number of hydrogen-bond donors (Lipinski definition) is 1. The number of aromatic nitrogens is 4. The van der Waals surface area contributed by atoms with Gasteiger partial charge in [-0.15, -0.1) is 0 Å². The van der Waals surface area contributed by atoms with Gasteiger partial charge >= 0.3 is 0 Å². The summed E-state index contributed by atoms with van der Waals surface area (Å²) in [5, 5.41) is 9.17. The van der Waals surface area contributed by atoms with Gasteiger partial charge in [0.1, 0.15) is 4.88 Å². The van der Waals surface area contributed by atoms with Crippen molar-refractivity contribution in [2.45, 2.75) is 6.92 Å². The molecule has 2 unspecified atom stereocenters. The van der Waals surface area contributed by atoms with Crippen LogP contribution in [0, 0.1) is 18.8 Å². The van der Waals surface area contributed by atoms with E-state index in [1.54, 1.807) is 12.4 Å². The Morgan fingerprint density at radius 1 is 1.07 bits per heavy atom. The van der Waals surface area contributed by atoms with Crippen molar-refractivity contribution in [1.29, 1.82) is 0 Å². The number of benzene rings is 1. The van der Waals surface area contributed by atoms with Crippen LogP contribution in [-0.2, 0) is 0 Å². The predicted molar refractivity (Wildman–Crippen MR) is 112 cm³/mol. The van der Waals surface area contributed by atoms with E-state index in [0.29, 0.717) is 46.7 Å². The van der Waals surface area contributed by atoms with E-state index in [-0.39, 0.29) is 5.91 Å². The second kappa shape index (κ2) is 7.21. The van der Waals surface area contributed by atoms with E-state index in [4.69, 9.17) is 5.73 Å². The van der Waals surface area contributed by atoms with Crippen LogP contribution >= 0.6 is 11.3 Å². The van der Waals surface area contributed by atoms with E-state index in [2.05, 4.69) is 20.1 Å². The molecule has 5 rings (SSSR count). The van der Waals surface area contributed by atoms with Gasteiger partial charge in [-0.2, -0.15) is 15.0 Å². The third-order valence-corrected chi connectivity index (χ3v) is 7.05. The molecule has 2 fully saturated rings. The van der Waals surface area contributed by atoms with Crippen LogP contribution in [0.3, 0.4) is 0 Å². The average Bonchev–Trinajstić information content (AvgIpc) is 3.50. The fourth-order valence-corrected chi connectivity index (χ4v) is 5.34. The molecule has 2 atom stereocenters. The Bertz CT molecular complexity index is 1100. The molecule has 0 spiro atoms. The molecule has 2 aliphatic rings. The first-order valence-corrected chi connectivity index (χ1v) is 10.6. The molecule has 0 bridgehead atoms. The number of rotatable bonds is 4. The molecule has 0 saturated carbocycles. The second-order valence-corrected chi connectivity index (χ2v) is 8.72. The topological polar surface area (TPSA) is 110 Å². The van der Waals surface area contributed by atoms with Crippen LogP contribution in [0.2, 0.25) is 0 Å². The summed E-state index contributed by atoms with van der Waals surface area (Å²) in [6.07, 6.45) is 3.19. The van der Waals surface area contributed by atoms with E-state index < -0.39 is 5.91 Å². The van der Waals surface area contributed by atoms with Crippen molar-refractivity contribution < 1.29 is 9.59 Å². The number of thiazole rings is 1. The lowest BCUT2D eigenvalue weighted by Gasteiger charge is -2.22. The van der Waals surface area contributed by atoms with Gasteiger partial charge in [-0.3, -0.25) is 9.59 Å². The van der Waals surface area contributed by atoms with Crippen LogP contribution < -0.4 is 10.6 Å². The quantitative estimate of drug-likeness (QED) is 0.678. The lowest BCUT2D eigenvalue weighted by molar-refractivity contribution is 0.0782. The normalized spacial score (nSPS) is 20.6. The van der Waals surface area contributed by atoms with Crippen molar-refractivity contribution in [3.63, 3.8) is 0 Å². The van der Waals surface area contributed by atoms with Crippen molar-refractivity contribution in [2.75, 3.05) is 31.1 Å². The molecule has 2 aliphatic heterocycles. The predicted octanol–water partition coefficient (Wildman–Crippen LogP) is 1.34. The minimum absolute atomic E-state index is 0.00459. The highest BCUT2D eigenvalue weighted by Crippen LogP contribution is 2.37. The van der Waals surface area contributed by atoms with Gasteiger partial charge in [0.25, 0.3) is 11.8 Å². The Hall–Kier alpha value is -3.27. The number of fused-ring (bicyclic) bond motifs is 1. The van der Waals surface area contributed by atoms with Crippen molar-refractivity contribution in [2.24, 2.45) is 17.6 Å². The fraction of sp³-hybridized carbons (Fsp3) is 0.350. The summed E-state index contributed by atoms with van der Waals surface area (Å²) in [6, 6.07) is 7.42. The summed E-state index contributed by atoms with van der Waals surface area (Å²) in [5.41, 5.74) is 7.40. The zero-order valence-electron chi connectivity index (χ0n) is 16.4. The first-order chi connectivity index (χ1) is 14.5. The Labute approximate surface area is 177 Å². The summed E-state index contributed by atoms with van der Waals surface area (Å²) in [6.45, 7) is 4.86. The first kappa shape index (κ1) is 18.7. The van der Waals surface area contributed by atoms with Crippen molar-refractivity contribution >= 4 is 28.3 Å². The van der Waals surface area contributed by atoms with Gasteiger partial charge < -0.3 is 15.5 Å². The molecule has 30 heavy (non-hydrogen) atoms. The number of carbonyl (C=O) groups excluding carboxylic acids is 2. The van der Waals surface area contributed by atoms with Gasteiger partial charge in [0, 0.05) is 38.0 Å². The number of aryl methyl sites for hydroxylation is 1. The monoisotopic (exact) mass is 423 g/mol. The minimum Gasteiger partial charge on any atom is -0.365 e. The largest absolute Gasteiger partial charge is 0.365 e. The smallest absolute Gasteiger partial charge is 0.260 e. The zero-order chi connectivity index (χ0) is 20.8. The van der Waals surface area contributed by atoms with Crippen LogP contribution in [0.25, 0.3) is 5.69 Å². The molecule has 3 aromatic rings. The number of anilines is 1. The number of para-hydroxylation sites is 1. The highest BCUT2D eigenvalue weighted by atomic mass is 32.1. The third-order valence-electron chi connectivity index (χ3n) is 5.82. The zero-order valence-corrected chi connectivity index (χ0v) is 17.2. The minimum atomic E-state index is -0.433. The van der Waals surface area contributed by atoms with Gasteiger partial charge in [-0.05, 0) is 19.1 Å². The molecule has 10 heteroatoms. The maximum absolute atomic E-state index is 13.3. The molecule has 2 amide bonds. The van der Waals surface area contributed by atoms with Gasteiger partial charge in [0.15, 0.2) is 5.13 Å². The summed E-state index contributed by atoms with van der Waals surface area (Å²) in [4.78, 5) is 35.4. The van der Waals surface area contributed by atoms with Crippen molar-refractivity contribution in [1.82, 2.24) is 24.9 Å².